The van der Waals surface area contributed by atoms with Crippen LogP contribution in [0.15, 0.2) is 88.2 Å². The average Bonchev–Trinajstić information content (AvgIpc) is 3.32. The number of H-pyrrole nitrogens is 1. The highest BCUT2D eigenvalue weighted by atomic mass is 16.5. The van der Waals surface area contributed by atoms with Gasteiger partial charge >= 0.3 is 5.76 Å². The average molecular weight is 486 g/mol. The lowest BCUT2D eigenvalue weighted by Gasteiger charge is -2.22. The Morgan fingerprint density at radius 1 is 1.00 bits per heavy atom. The second-order valence-electron chi connectivity index (χ2n) is 9.20. The van der Waals surface area contributed by atoms with Crippen LogP contribution in [0, 0.1) is 5.92 Å². The van der Waals surface area contributed by atoms with Crippen molar-refractivity contribution in [1.29, 1.82) is 0 Å². The first-order chi connectivity index (χ1) is 17.5. The Morgan fingerprint density at radius 2 is 1.72 bits per heavy atom. The highest BCUT2D eigenvalue weighted by molar-refractivity contribution is 5.96. The summed E-state index contributed by atoms with van der Waals surface area (Å²) in [7, 11) is 0. The van der Waals surface area contributed by atoms with Gasteiger partial charge in [-0.25, -0.2) is 4.79 Å². The van der Waals surface area contributed by atoms with Gasteiger partial charge in [-0.15, -0.1) is 0 Å². The molecule has 1 unspecified atom stereocenters. The molecule has 0 aliphatic rings. The number of hydrogen-bond acceptors (Lipinski definition) is 5. The zero-order valence-corrected chi connectivity index (χ0v) is 20.6. The van der Waals surface area contributed by atoms with Crippen LogP contribution in [0.3, 0.4) is 0 Å². The number of benzene rings is 3. The minimum atomic E-state index is -0.587. The Kier molecular flexibility index (Phi) is 8.34. The number of carbonyl (C=O) groups excluding carboxylic acids is 1. The van der Waals surface area contributed by atoms with Crippen LogP contribution in [0.2, 0.25) is 0 Å². The molecule has 0 saturated carbocycles. The number of aromatic nitrogens is 2. The highest BCUT2D eigenvalue weighted by Crippen LogP contribution is 2.23. The number of carbonyl (C=O) groups is 1. The lowest BCUT2D eigenvalue weighted by molar-refractivity contribution is 0.0930. The van der Waals surface area contributed by atoms with Crippen molar-refractivity contribution in [2.75, 3.05) is 0 Å². The van der Waals surface area contributed by atoms with E-state index in [2.05, 4.69) is 33.8 Å². The van der Waals surface area contributed by atoms with Crippen LogP contribution >= 0.6 is 0 Å². The maximum Gasteiger partial charge on any atom is 0.438 e. The molecule has 0 spiro atoms. The molecule has 3 aromatic carbocycles. The third-order valence-corrected chi connectivity index (χ3v) is 5.90. The number of ether oxygens (including phenoxy) is 1. The van der Waals surface area contributed by atoms with E-state index in [4.69, 9.17) is 4.74 Å². The van der Waals surface area contributed by atoms with E-state index in [-0.39, 0.29) is 11.9 Å². The van der Waals surface area contributed by atoms with Crippen LogP contribution in [0.4, 0.5) is 0 Å². The molecule has 36 heavy (non-hydrogen) atoms. The monoisotopic (exact) mass is 485 g/mol. The number of hydrogen-bond donors (Lipinski definition) is 2. The minimum Gasteiger partial charge on any atom is -0.489 e. The number of para-hydroxylation sites is 1. The molecule has 7 heteroatoms. The van der Waals surface area contributed by atoms with Gasteiger partial charge in [-0.1, -0.05) is 79.7 Å². The summed E-state index contributed by atoms with van der Waals surface area (Å²) >= 11 is 0. The topological polar surface area (TPSA) is 97.2 Å². The Labute approximate surface area is 210 Å². The Balaban J connectivity index is 1.58. The molecular formula is C29H31N3O4. The van der Waals surface area contributed by atoms with E-state index in [0.29, 0.717) is 36.8 Å². The van der Waals surface area contributed by atoms with Crippen molar-refractivity contribution in [2.45, 2.75) is 45.8 Å². The molecule has 1 atom stereocenters. The number of amides is 1. The molecule has 1 aromatic heterocycles. The van der Waals surface area contributed by atoms with Crippen LogP contribution in [-0.4, -0.2) is 16.0 Å². The summed E-state index contributed by atoms with van der Waals surface area (Å²) in [5.74, 6) is 0.892. The summed E-state index contributed by atoms with van der Waals surface area (Å²) in [6.45, 7) is 4.64. The Hall–Kier alpha value is -4.13. The van der Waals surface area contributed by atoms with Crippen molar-refractivity contribution < 1.29 is 14.1 Å². The molecule has 4 aromatic rings. The first-order valence-electron chi connectivity index (χ1n) is 12.2. The molecule has 0 saturated heterocycles. The van der Waals surface area contributed by atoms with Gasteiger partial charge in [0.15, 0.2) is 5.82 Å². The van der Waals surface area contributed by atoms with Gasteiger partial charge in [-0.05, 0) is 53.6 Å². The van der Waals surface area contributed by atoms with Crippen LogP contribution in [0.25, 0.3) is 0 Å². The fourth-order valence-electron chi connectivity index (χ4n) is 4.12. The van der Waals surface area contributed by atoms with Crippen LogP contribution in [0.5, 0.6) is 5.75 Å². The van der Waals surface area contributed by atoms with Crippen molar-refractivity contribution in [3.05, 3.63) is 117 Å². The van der Waals surface area contributed by atoms with E-state index in [0.717, 1.165) is 28.9 Å². The quantitative estimate of drug-likeness (QED) is 0.303. The van der Waals surface area contributed by atoms with Crippen LogP contribution in [-0.2, 0) is 19.4 Å². The molecule has 4 rings (SSSR count). The number of aryl methyl sites for hydroxylation is 2. The summed E-state index contributed by atoms with van der Waals surface area (Å²) in [5, 5.41) is 7.00. The van der Waals surface area contributed by atoms with E-state index in [1.807, 2.05) is 78.9 Å². The summed E-state index contributed by atoms with van der Waals surface area (Å²) < 4.78 is 10.5. The summed E-state index contributed by atoms with van der Waals surface area (Å²) in [5.41, 5.74) is 3.41. The van der Waals surface area contributed by atoms with Crippen molar-refractivity contribution in [3.63, 3.8) is 0 Å². The summed E-state index contributed by atoms with van der Waals surface area (Å²) in [6.07, 6.45) is 1.79. The first kappa shape index (κ1) is 25.0. The molecule has 2 N–H and O–H groups in total. The fraction of sp³-hybridized carbons (Fsp3) is 0.276. The minimum absolute atomic E-state index is 0.109. The van der Waals surface area contributed by atoms with Gasteiger partial charge < -0.3 is 10.1 Å². The van der Waals surface area contributed by atoms with Crippen molar-refractivity contribution in [1.82, 2.24) is 15.5 Å². The van der Waals surface area contributed by atoms with Gasteiger partial charge in [0.1, 0.15) is 12.4 Å². The van der Waals surface area contributed by atoms with Gasteiger partial charge in [0.25, 0.3) is 5.91 Å². The number of aromatic amines is 1. The molecule has 0 fully saturated rings. The molecule has 0 bridgehead atoms. The van der Waals surface area contributed by atoms with Gasteiger partial charge in [0.05, 0.1) is 6.04 Å². The van der Waals surface area contributed by atoms with E-state index < -0.39 is 5.76 Å². The first-order valence-corrected chi connectivity index (χ1v) is 12.2. The maximum absolute atomic E-state index is 13.6. The summed E-state index contributed by atoms with van der Waals surface area (Å²) in [4.78, 5) is 27.5. The fourth-order valence-corrected chi connectivity index (χ4v) is 4.12. The van der Waals surface area contributed by atoms with Crippen LogP contribution in [0.1, 0.15) is 59.2 Å². The third kappa shape index (κ3) is 6.95. The van der Waals surface area contributed by atoms with E-state index in [1.165, 1.54) is 0 Å². The van der Waals surface area contributed by atoms with Crippen LogP contribution < -0.4 is 15.8 Å². The SMILES string of the molecule is CC(C)CC(NC(=O)c1cc(COc2ccccc2)ccc1CCc1noc(=O)[nH]1)c1ccccc1. The molecule has 0 radical (unpaired) electrons. The second-order valence-corrected chi connectivity index (χ2v) is 9.20. The molecule has 0 aliphatic carbocycles. The van der Waals surface area contributed by atoms with Crippen molar-refractivity contribution >= 4 is 5.91 Å². The lowest BCUT2D eigenvalue weighted by atomic mass is 9.95. The lowest BCUT2D eigenvalue weighted by Crippen LogP contribution is -2.30. The third-order valence-electron chi connectivity index (χ3n) is 5.90. The number of nitrogens with one attached hydrogen (secondary N) is 2. The van der Waals surface area contributed by atoms with Crippen molar-refractivity contribution in [3.8, 4) is 5.75 Å². The molecule has 1 heterocycles. The molecular weight excluding hydrogens is 454 g/mol. The van der Waals surface area contributed by atoms with E-state index in [9.17, 15) is 9.59 Å². The predicted molar refractivity (Wildman–Crippen MR) is 138 cm³/mol. The van der Waals surface area contributed by atoms with E-state index in [1.54, 1.807) is 0 Å². The van der Waals surface area contributed by atoms with Gasteiger partial charge in [-0.2, -0.15) is 0 Å². The zero-order chi connectivity index (χ0) is 25.3. The maximum atomic E-state index is 13.6. The second kappa shape index (κ2) is 12.0. The van der Waals surface area contributed by atoms with Gasteiger partial charge in [0, 0.05) is 12.0 Å². The number of rotatable bonds is 11. The standard InChI is InChI=1S/C29H31N3O4/c1-20(2)17-26(23-9-5-3-6-10-23)30-28(33)25-18-21(19-35-24-11-7-4-8-12-24)13-14-22(25)15-16-27-31-29(34)36-32-27/h3-14,18,20,26H,15-17,19H2,1-2H3,(H,30,33)(H,31,32,34). The smallest absolute Gasteiger partial charge is 0.438 e. The van der Waals surface area contributed by atoms with E-state index >= 15 is 0 Å². The normalized spacial score (nSPS) is 11.9. The summed E-state index contributed by atoms with van der Waals surface area (Å²) in [6, 6.07) is 25.3. The zero-order valence-electron chi connectivity index (χ0n) is 20.6. The Bertz CT molecular complexity index is 1310. The highest BCUT2D eigenvalue weighted by Gasteiger charge is 2.20. The molecule has 0 aliphatic heterocycles. The largest absolute Gasteiger partial charge is 0.489 e. The Morgan fingerprint density at radius 3 is 2.39 bits per heavy atom. The molecule has 7 nitrogen and oxygen atoms in total. The molecule has 1 amide bonds. The van der Waals surface area contributed by atoms with Gasteiger partial charge in [-0.3, -0.25) is 14.3 Å². The molecule has 186 valence electrons. The predicted octanol–water partition coefficient (Wildman–Crippen LogP) is 5.24. The number of nitrogens with zero attached hydrogens (tertiary/aromatic N) is 1. The van der Waals surface area contributed by atoms with Gasteiger partial charge in [0.2, 0.25) is 0 Å². The van der Waals surface area contributed by atoms with Crippen molar-refractivity contribution in [2.24, 2.45) is 5.92 Å².